The van der Waals surface area contributed by atoms with Crippen LogP contribution in [0.15, 0.2) is 24.3 Å². The summed E-state index contributed by atoms with van der Waals surface area (Å²) in [5.74, 6) is 0.0526. The summed E-state index contributed by atoms with van der Waals surface area (Å²) in [5, 5.41) is 10.5. The van der Waals surface area contributed by atoms with Crippen LogP contribution in [0.1, 0.15) is 29.6 Å². The Hall–Kier alpha value is -1.75. The molecule has 5 heteroatoms. The number of non-ortho nitro benzene ring substituents is 1. The second-order valence-electron chi connectivity index (χ2n) is 4.53. The molecule has 1 aliphatic rings. The lowest BCUT2D eigenvalue weighted by molar-refractivity contribution is -0.384. The number of rotatable bonds is 5. The molecule has 0 radical (unpaired) electrons. The Morgan fingerprint density at radius 3 is 2.39 bits per heavy atom. The van der Waals surface area contributed by atoms with Crippen LogP contribution in [0.2, 0.25) is 0 Å². The van der Waals surface area contributed by atoms with Gasteiger partial charge in [-0.05, 0) is 38.1 Å². The minimum absolute atomic E-state index is 0.0195. The van der Waals surface area contributed by atoms with E-state index in [-0.39, 0.29) is 11.5 Å². The van der Waals surface area contributed by atoms with Gasteiger partial charge in [-0.15, -0.1) is 0 Å². The number of carbonyl (C=O) groups is 1. The molecular formula is C13H16N2O3. The fraction of sp³-hybridized carbons (Fsp3) is 0.462. The zero-order valence-corrected chi connectivity index (χ0v) is 10.2. The van der Waals surface area contributed by atoms with Crippen molar-refractivity contribution in [2.45, 2.75) is 19.3 Å². The number of hydrogen-bond acceptors (Lipinski definition) is 4. The Morgan fingerprint density at radius 2 is 1.83 bits per heavy atom. The van der Waals surface area contributed by atoms with Gasteiger partial charge in [0.05, 0.1) is 4.92 Å². The van der Waals surface area contributed by atoms with E-state index in [4.69, 9.17) is 0 Å². The third-order valence-electron chi connectivity index (χ3n) is 3.25. The first-order chi connectivity index (χ1) is 8.66. The Bertz CT molecular complexity index is 436. The molecule has 1 aromatic carbocycles. The van der Waals surface area contributed by atoms with Crippen LogP contribution in [0.4, 0.5) is 5.69 Å². The first-order valence-electron chi connectivity index (χ1n) is 6.17. The summed E-state index contributed by atoms with van der Waals surface area (Å²) in [6.45, 7) is 2.94. The number of benzene rings is 1. The Kier molecular flexibility index (Phi) is 4.04. The minimum atomic E-state index is -0.460. The molecule has 96 valence electrons. The van der Waals surface area contributed by atoms with Crippen LogP contribution in [0.25, 0.3) is 0 Å². The van der Waals surface area contributed by atoms with Crippen molar-refractivity contribution in [1.29, 1.82) is 0 Å². The molecule has 18 heavy (non-hydrogen) atoms. The summed E-state index contributed by atoms with van der Waals surface area (Å²) >= 11 is 0. The molecule has 0 N–H and O–H groups in total. The topological polar surface area (TPSA) is 63.5 Å². The maximum absolute atomic E-state index is 11.9. The third kappa shape index (κ3) is 3.13. The van der Waals surface area contributed by atoms with E-state index in [2.05, 4.69) is 4.90 Å². The number of Topliss-reactive ketones (excluding diaryl/α,β-unsaturated/α-hetero) is 1. The van der Waals surface area contributed by atoms with Gasteiger partial charge in [0.25, 0.3) is 5.69 Å². The second kappa shape index (κ2) is 5.73. The van der Waals surface area contributed by atoms with E-state index >= 15 is 0 Å². The van der Waals surface area contributed by atoms with Gasteiger partial charge in [0.1, 0.15) is 0 Å². The van der Waals surface area contributed by atoms with Crippen molar-refractivity contribution in [3.8, 4) is 0 Å². The fourth-order valence-electron chi connectivity index (χ4n) is 2.18. The first kappa shape index (κ1) is 12.7. The lowest BCUT2D eigenvalue weighted by atomic mass is 10.1. The number of nitrogens with zero attached hydrogens (tertiary/aromatic N) is 2. The molecule has 0 aromatic heterocycles. The number of carbonyl (C=O) groups excluding carboxylic acids is 1. The normalized spacial score (nSPS) is 15.8. The fourth-order valence-corrected chi connectivity index (χ4v) is 2.18. The molecule has 2 rings (SSSR count). The van der Waals surface area contributed by atoms with Crippen molar-refractivity contribution in [2.24, 2.45) is 0 Å². The van der Waals surface area contributed by atoms with Crippen molar-refractivity contribution >= 4 is 11.5 Å². The van der Waals surface area contributed by atoms with Crippen molar-refractivity contribution in [2.75, 3.05) is 19.6 Å². The van der Waals surface area contributed by atoms with E-state index in [0.29, 0.717) is 12.0 Å². The average Bonchev–Trinajstić information content (AvgIpc) is 2.89. The summed E-state index contributed by atoms with van der Waals surface area (Å²) in [6.07, 6.45) is 2.91. The SMILES string of the molecule is O=C(CCN1CCCC1)c1ccc([N+](=O)[O-])cc1. The van der Waals surface area contributed by atoms with Crippen molar-refractivity contribution in [1.82, 2.24) is 4.90 Å². The highest BCUT2D eigenvalue weighted by atomic mass is 16.6. The van der Waals surface area contributed by atoms with Gasteiger partial charge in [-0.1, -0.05) is 0 Å². The summed E-state index contributed by atoms with van der Waals surface area (Å²) in [7, 11) is 0. The summed E-state index contributed by atoms with van der Waals surface area (Å²) in [6, 6.07) is 5.82. The van der Waals surface area contributed by atoms with Crippen LogP contribution in [0.5, 0.6) is 0 Å². The van der Waals surface area contributed by atoms with Gasteiger partial charge in [-0.3, -0.25) is 14.9 Å². The van der Waals surface area contributed by atoms with E-state index in [1.54, 1.807) is 0 Å². The van der Waals surface area contributed by atoms with Crippen molar-refractivity contribution in [3.05, 3.63) is 39.9 Å². The maximum atomic E-state index is 11.9. The highest BCUT2D eigenvalue weighted by Gasteiger charge is 2.14. The molecule has 1 fully saturated rings. The van der Waals surface area contributed by atoms with Crippen LogP contribution in [-0.2, 0) is 0 Å². The molecule has 0 atom stereocenters. The number of likely N-dealkylation sites (tertiary alicyclic amines) is 1. The molecule has 0 unspecified atom stereocenters. The van der Waals surface area contributed by atoms with Gasteiger partial charge in [0, 0.05) is 30.7 Å². The first-order valence-corrected chi connectivity index (χ1v) is 6.17. The number of hydrogen-bond donors (Lipinski definition) is 0. The largest absolute Gasteiger partial charge is 0.303 e. The average molecular weight is 248 g/mol. The number of nitro groups is 1. The predicted octanol–water partition coefficient (Wildman–Crippen LogP) is 2.26. The zero-order chi connectivity index (χ0) is 13.0. The second-order valence-corrected chi connectivity index (χ2v) is 4.53. The zero-order valence-electron chi connectivity index (χ0n) is 10.2. The molecule has 1 aliphatic heterocycles. The highest BCUT2D eigenvalue weighted by molar-refractivity contribution is 5.96. The van der Waals surface area contributed by atoms with E-state index in [1.165, 1.54) is 37.1 Å². The molecule has 1 aromatic rings. The molecule has 1 heterocycles. The summed E-state index contributed by atoms with van der Waals surface area (Å²) in [4.78, 5) is 24.2. The van der Waals surface area contributed by atoms with E-state index in [1.807, 2.05) is 0 Å². The Balaban J connectivity index is 1.89. The highest BCUT2D eigenvalue weighted by Crippen LogP contribution is 2.14. The molecular weight excluding hydrogens is 232 g/mol. The van der Waals surface area contributed by atoms with Crippen LogP contribution in [0, 0.1) is 10.1 Å². The lowest BCUT2D eigenvalue weighted by Gasteiger charge is -2.13. The standard InChI is InChI=1S/C13H16N2O3/c16-13(7-10-14-8-1-2-9-14)11-3-5-12(6-4-11)15(17)18/h3-6H,1-2,7-10H2. The molecule has 5 nitrogen and oxygen atoms in total. The van der Waals surface area contributed by atoms with Crippen LogP contribution >= 0.6 is 0 Å². The van der Waals surface area contributed by atoms with Crippen LogP contribution < -0.4 is 0 Å². The predicted molar refractivity (Wildman–Crippen MR) is 67.7 cm³/mol. The smallest absolute Gasteiger partial charge is 0.269 e. The molecule has 0 saturated carbocycles. The van der Waals surface area contributed by atoms with Gasteiger partial charge < -0.3 is 4.90 Å². The molecule has 0 amide bonds. The molecule has 1 saturated heterocycles. The van der Waals surface area contributed by atoms with Gasteiger partial charge in [-0.25, -0.2) is 0 Å². The molecule has 0 spiro atoms. The van der Waals surface area contributed by atoms with Crippen LogP contribution in [0.3, 0.4) is 0 Å². The van der Waals surface area contributed by atoms with E-state index in [0.717, 1.165) is 19.6 Å². The van der Waals surface area contributed by atoms with E-state index < -0.39 is 4.92 Å². The van der Waals surface area contributed by atoms with Gasteiger partial charge >= 0.3 is 0 Å². The molecule has 0 bridgehead atoms. The van der Waals surface area contributed by atoms with Crippen LogP contribution in [-0.4, -0.2) is 35.2 Å². The number of ketones is 1. The monoisotopic (exact) mass is 248 g/mol. The minimum Gasteiger partial charge on any atom is -0.303 e. The molecule has 0 aliphatic carbocycles. The third-order valence-corrected chi connectivity index (χ3v) is 3.25. The van der Waals surface area contributed by atoms with Crippen molar-refractivity contribution < 1.29 is 9.72 Å². The number of nitro benzene ring substituents is 1. The quantitative estimate of drug-likeness (QED) is 0.455. The summed E-state index contributed by atoms with van der Waals surface area (Å²) < 4.78 is 0. The van der Waals surface area contributed by atoms with Gasteiger partial charge in [-0.2, -0.15) is 0 Å². The maximum Gasteiger partial charge on any atom is 0.269 e. The Labute approximate surface area is 106 Å². The van der Waals surface area contributed by atoms with E-state index in [9.17, 15) is 14.9 Å². The van der Waals surface area contributed by atoms with Gasteiger partial charge in [0.2, 0.25) is 0 Å². The summed E-state index contributed by atoms with van der Waals surface area (Å²) in [5.41, 5.74) is 0.575. The Morgan fingerprint density at radius 1 is 1.22 bits per heavy atom. The lowest BCUT2D eigenvalue weighted by Crippen LogP contribution is -2.22. The van der Waals surface area contributed by atoms with Gasteiger partial charge in [0.15, 0.2) is 5.78 Å². The van der Waals surface area contributed by atoms with Crippen molar-refractivity contribution in [3.63, 3.8) is 0 Å².